The molecule has 0 spiro atoms. The molecule has 0 saturated heterocycles. The Bertz CT molecular complexity index is 599. The summed E-state index contributed by atoms with van der Waals surface area (Å²) < 4.78 is 13.4. The highest BCUT2D eigenvalue weighted by atomic mass is 32.1. The van der Waals surface area contributed by atoms with Gasteiger partial charge in [-0.1, -0.05) is 6.07 Å². The van der Waals surface area contributed by atoms with E-state index in [9.17, 15) is 9.18 Å². The zero-order valence-electron chi connectivity index (χ0n) is 10.2. The molecular weight excluding hydrogens is 267 g/mol. The molecule has 0 atom stereocenters. The van der Waals surface area contributed by atoms with Crippen LogP contribution in [0.15, 0.2) is 24.4 Å². The summed E-state index contributed by atoms with van der Waals surface area (Å²) in [5, 5.41) is 3.63. The van der Waals surface area contributed by atoms with E-state index in [1.165, 1.54) is 29.5 Å². The number of rotatable bonds is 4. The Morgan fingerprint density at radius 2 is 2.32 bits per heavy atom. The smallest absolute Gasteiger partial charge is 0.253 e. The molecule has 0 bridgehead atoms. The normalized spacial score (nSPS) is 10.3. The van der Waals surface area contributed by atoms with Crippen molar-refractivity contribution in [1.29, 1.82) is 0 Å². The molecule has 0 aliphatic rings. The number of aromatic nitrogens is 1. The van der Waals surface area contributed by atoms with Gasteiger partial charge in [-0.05, 0) is 19.1 Å². The number of nitrogens with zero attached hydrogens (tertiary/aromatic N) is 1. The molecule has 5 nitrogen and oxygen atoms in total. The molecule has 0 saturated carbocycles. The van der Waals surface area contributed by atoms with Crippen LogP contribution in [0.5, 0.6) is 0 Å². The quantitative estimate of drug-likeness (QED) is 0.589. The van der Waals surface area contributed by atoms with E-state index >= 15 is 0 Å². The summed E-state index contributed by atoms with van der Waals surface area (Å²) in [5.74, 6) is 4.27. The van der Waals surface area contributed by atoms with Crippen molar-refractivity contribution < 1.29 is 9.18 Å². The Kier molecular flexibility index (Phi) is 4.08. The topological polar surface area (TPSA) is 80.0 Å². The first-order valence-corrected chi connectivity index (χ1v) is 6.38. The van der Waals surface area contributed by atoms with Crippen LogP contribution >= 0.6 is 11.3 Å². The fourth-order valence-electron chi connectivity index (χ4n) is 1.61. The van der Waals surface area contributed by atoms with E-state index in [2.05, 4.69) is 15.7 Å². The van der Waals surface area contributed by atoms with Crippen molar-refractivity contribution in [2.24, 2.45) is 5.84 Å². The van der Waals surface area contributed by atoms with Gasteiger partial charge in [0.2, 0.25) is 0 Å². The number of aryl methyl sites for hydroxylation is 1. The summed E-state index contributed by atoms with van der Waals surface area (Å²) in [5.41, 5.74) is 2.36. The summed E-state index contributed by atoms with van der Waals surface area (Å²) >= 11 is 1.50. The first kappa shape index (κ1) is 13.4. The molecule has 19 heavy (non-hydrogen) atoms. The van der Waals surface area contributed by atoms with Gasteiger partial charge in [-0.3, -0.25) is 10.6 Å². The predicted octanol–water partition coefficient (Wildman–Crippen LogP) is 1.81. The van der Waals surface area contributed by atoms with Gasteiger partial charge in [0.05, 0.1) is 22.8 Å². The average molecular weight is 280 g/mol. The number of hydrogen-bond donors (Lipinski definition) is 3. The summed E-state index contributed by atoms with van der Waals surface area (Å²) in [6, 6.07) is 4.20. The molecule has 0 aliphatic carbocycles. The molecular formula is C12H13FN4OS. The number of carbonyl (C=O) groups is 1. The Morgan fingerprint density at radius 3 is 2.95 bits per heavy atom. The van der Waals surface area contributed by atoms with Crippen LogP contribution in [0.4, 0.5) is 10.1 Å². The third-order valence-electron chi connectivity index (χ3n) is 2.49. The van der Waals surface area contributed by atoms with Crippen LogP contribution in [0.2, 0.25) is 0 Å². The van der Waals surface area contributed by atoms with E-state index in [1.807, 2.05) is 6.92 Å². The number of amides is 1. The van der Waals surface area contributed by atoms with Crippen molar-refractivity contribution in [3.63, 3.8) is 0 Å². The lowest BCUT2D eigenvalue weighted by atomic mass is 10.1. The number of thiazole rings is 1. The molecule has 2 aromatic rings. The first-order valence-electron chi connectivity index (χ1n) is 5.56. The van der Waals surface area contributed by atoms with E-state index < -0.39 is 11.7 Å². The highest BCUT2D eigenvalue weighted by Crippen LogP contribution is 2.19. The van der Waals surface area contributed by atoms with Gasteiger partial charge < -0.3 is 10.7 Å². The zero-order chi connectivity index (χ0) is 13.8. The van der Waals surface area contributed by atoms with Crippen LogP contribution in [0.25, 0.3) is 0 Å². The third kappa shape index (κ3) is 3.07. The van der Waals surface area contributed by atoms with Crippen molar-refractivity contribution in [2.75, 3.05) is 5.43 Å². The van der Waals surface area contributed by atoms with E-state index in [0.717, 1.165) is 9.88 Å². The monoisotopic (exact) mass is 280 g/mol. The third-order valence-corrected chi connectivity index (χ3v) is 3.41. The Hall–Kier alpha value is -1.99. The van der Waals surface area contributed by atoms with Gasteiger partial charge in [0.15, 0.2) is 0 Å². The van der Waals surface area contributed by atoms with Gasteiger partial charge in [0, 0.05) is 11.1 Å². The molecule has 1 aromatic heterocycles. The fourth-order valence-corrected chi connectivity index (χ4v) is 2.34. The van der Waals surface area contributed by atoms with Crippen molar-refractivity contribution in [1.82, 2.24) is 10.3 Å². The van der Waals surface area contributed by atoms with Crippen molar-refractivity contribution in [3.8, 4) is 0 Å². The predicted molar refractivity (Wildman–Crippen MR) is 72.2 cm³/mol. The highest BCUT2D eigenvalue weighted by Gasteiger charge is 2.14. The molecule has 100 valence electrons. The number of benzene rings is 1. The second-order valence-electron chi connectivity index (χ2n) is 3.84. The minimum Gasteiger partial charge on any atom is -0.347 e. The number of para-hydroxylation sites is 1. The molecule has 0 aliphatic heterocycles. The molecule has 1 amide bonds. The second kappa shape index (κ2) is 5.77. The Morgan fingerprint density at radius 1 is 1.53 bits per heavy atom. The van der Waals surface area contributed by atoms with Crippen molar-refractivity contribution in [3.05, 3.63) is 45.7 Å². The van der Waals surface area contributed by atoms with Gasteiger partial charge in [0.1, 0.15) is 5.82 Å². The minimum atomic E-state index is -0.566. The average Bonchev–Trinajstić information content (AvgIpc) is 2.81. The molecule has 7 heteroatoms. The second-order valence-corrected chi connectivity index (χ2v) is 5.15. The number of carbonyl (C=O) groups excluding carboxylic acids is 1. The van der Waals surface area contributed by atoms with E-state index in [1.54, 1.807) is 6.20 Å². The lowest BCUT2D eigenvalue weighted by molar-refractivity contribution is 0.0951. The van der Waals surface area contributed by atoms with Gasteiger partial charge in [-0.2, -0.15) is 0 Å². The number of nitrogens with two attached hydrogens (primary N) is 1. The minimum absolute atomic E-state index is 0.0134. The van der Waals surface area contributed by atoms with E-state index in [0.29, 0.717) is 6.54 Å². The van der Waals surface area contributed by atoms with E-state index in [-0.39, 0.29) is 11.3 Å². The van der Waals surface area contributed by atoms with Crippen LogP contribution in [0.3, 0.4) is 0 Å². The highest BCUT2D eigenvalue weighted by molar-refractivity contribution is 7.11. The molecule has 1 heterocycles. The summed E-state index contributed by atoms with van der Waals surface area (Å²) in [7, 11) is 0. The molecule has 0 radical (unpaired) electrons. The zero-order valence-corrected chi connectivity index (χ0v) is 11.1. The molecule has 1 aromatic carbocycles. The lowest BCUT2D eigenvalue weighted by Gasteiger charge is -2.09. The molecule has 0 unspecified atom stereocenters. The number of halogens is 1. The van der Waals surface area contributed by atoms with Crippen LogP contribution in [-0.2, 0) is 6.54 Å². The van der Waals surface area contributed by atoms with Crippen LogP contribution < -0.4 is 16.6 Å². The van der Waals surface area contributed by atoms with Gasteiger partial charge in [-0.25, -0.2) is 9.37 Å². The van der Waals surface area contributed by atoms with Crippen molar-refractivity contribution in [2.45, 2.75) is 13.5 Å². The van der Waals surface area contributed by atoms with Gasteiger partial charge in [0.25, 0.3) is 5.91 Å². The summed E-state index contributed by atoms with van der Waals surface area (Å²) in [6.07, 6.45) is 1.70. The molecule has 4 N–H and O–H groups in total. The Labute approximate surface area is 113 Å². The summed E-state index contributed by atoms with van der Waals surface area (Å²) in [4.78, 5) is 17.0. The van der Waals surface area contributed by atoms with Crippen LogP contribution in [0.1, 0.15) is 20.2 Å². The molecule has 2 rings (SSSR count). The lowest BCUT2D eigenvalue weighted by Crippen LogP contribution is -2.25. The van der Waals surface area contributed by atoms with Crippen LogP contribution in [-0.4, -0.2) is 10.9 Å². The number of anilines is 1. The number of nitrogens with one attached hydrogen (secondary N) is 2. The fraction of sp³-hybridized carbons (Fsp3) is 0.167. The largest absolute Gasteiger partial charge is 0.347 e. The SMILES string of the molecule is Cc1ncc(CNC(=O)c2cccc(F)c2NN)s1. The Balaban J connectivity index is 2.10. The number of hydrogen-bond acceptors (Lipinski definition) is 5. The van der Waals surface area contributed by atoms with Gasteiger partial charge >= 0.3 is 0 Å². The van der Waals surface area contributed by atoms with Crippen LogP contribution in [0, 0.1) is 12.7 Å². The standard InChI is InChI=1S/C12H13FN4OS/c1-7-15-5-8(19-7)6-16-12(18)9-3-2-4-10(13)11(9)17-14/h2-5,17H,6,14H2,1H3,(H,16,18). The maximum absolute atomic E-state index is 13.4. The molecule has 0 fully saturated rings. The van der Waals surface area contributed by atoms with Gasteiger partial charge in [-0.15, -0.1) is 11.3 Å². The van der Waals surface area contributed by atoms with E-state index in [4.69, 9.17) is 5.84 Å². The summed E-state index contributed by atoms with van der Waals surface area (Å²) in [6.45, 7) is 2.24. The number of hydrazine groups is 1. The maximum atomic E-state index is 13.4. The maximum Gasteiger partial charge on any atom is 0.253 e. The first-order chi connectivity index (χ1) is 9.11. The van der Waals surface area contributed by atoms with Crippen molar-refractivity contribution >= 4 is 22.9 Å². The number of nitrogen functional groups attached to an aromatic ring is 1.